The van der Waals surface area contributed by atoms with Crippen LogP contribution in [0.1, 0.15) is 19.8 Å². The number of nitrogens with zero attached hydrogens (tertiary/aromatic N) is 1. The molecule has 0 aliphatic carbocycles. The van der Waals surface area contributed by atoms with Gasteiger partial charge in [-0.15, -0.1) is 12.3 Å². The van der Waals surface area contributed by atoms with Gasteiger partial charge in [-0.3, -0.25) is 9.69 Å². The van der Waals surface area contributed by atoms with E-state index in [1.807, 2.05) is 6.92 Å². The summed E-state index contributed by atoms with van der Waals surface area (Å²) in [5.74, 6) is 2.46. The van der Waals surface area contributed by atoms with Crippen molar-refractivity contribution >= 4 is 5.97 Å². The molecule has 0 bridgehead atoms. The van der Waals surface area contributed by atoms with Gasteiger partial charge in [-0.25, -0.2) is 0 Å². The molecule has 1 heterocycles. The average Bonchev–Trinajstić information content (AvgIpc) is 2.02. The fraction of sp³-hybridized carbons (Fsp3) is 0.700. The van der Waals surface area contributed by atoms with Crippen molar-refractivity contribution < 1.29 is 9.53 Å². The summed E-state index contributed by atoms with van der Waals surface area (Å²) in [6.45, 7) is 2.98. The number of ether oxygens (including phenoxy) is 1. The van der Waals surface area contributed by atoms with Gasteiger partial charge in [-0.1, -0.05) is 0 Å². The van der Waals surface area contributed by atoms with E-state index in [1.165, 1.54) is 7.11 Å². The van der Waals surface area contributed by atoms with Crippen LogP contribution >= 0.6 is 0 Å². The Morgan fingerprint density at radius 3 is 2.92 bits per heavy atom. The van der Waals surface area contributed by atoms with E-state index in [-0.39, 0.29) is 18.1 Å². The second-order valence-corrected chi connectivity index (χ2v) is 3.32. The molecule has 0 radical (unpaired) electrons. The highest BCUT2D eigenvalue weighted by atomic mass is 16.5. The molecule has 1 rings (SSSR count). The van der Waals surface area contributed by atoms with Gasteiger partial charge in [0, 0.05) is 19.0 Å². The van der Waals surface area contributed by atoms with Gasteiger partial charge in [-0.2, -0.15) is 0 Å². The fourth-order valence-corrected chi connectivity index (χ4v) is 1.61. The zero-order valence-electron chi connectivity index (χ0n) is 8.12. The van der Waals surface area contributed by atoms with Crippen LogP contribution in [0.5, 0.6) is 0 Å². The van der Waals surface area contributed by atoms with Crippen molar-refractivity contribution in [1.82, 2.24) is 4.90 Å². The molecule has 0 aromatic rings. The maximum atomic E-state index is 11.2. The van der Waals surface area contributed by atoms with Crippen LogP contribution in [-0.4, -0.2) is 36.6 Å². The number of carbonyl (C=O) groups excluding carboxylic acids is 1. The van der Waals surface area contributed by atoms with Gasteiger partial charge in [0.1, 0.15) is 6.04 Å². The molecule has 0 N–H and O–H groups in total. The Kier molecular flexibility index (Phi) is 3.32. The summed E-state index contributed by atoms with van der Waals surface area (Å²) in [7, 11) is 1.42. The maximum absolute atomic E-state index is 11.2. The Morgan fingerprint density at radius 1 is 1.85 bits per heavy atom. The molecule has 0 spiro atoms. The Balaban J connectivity index is 2.45. The molecule has 3 nitrogen and oxygen atoms in total. The summed E-state index contributed by atoms with van der Waals surface area (Å²) in [5.41, 5.74) is 0. The molecule has 3 heteroatoms. The molecule has 0 aromatic carbocycles. The Morgan fingerprint density at radius 2 is 2.54 bits per heavy atom. The maximum Gasteiger partial charge on any atom is 0.323 e. The van der Waals surface area contributed by atoms with E-state index < -0.39 is 0 Å². The van der Waals surface area contributed by atoms with Gasteiger partial charge in [0.15, 0.2) is 0 Å². The van der Waals surface area contributed by atoms with Crippen LogP contribution in [0, 0.1) is 12.3 Å². The van der Waals surface area contributed by atoms with Crippen molar-refractivity contribution in [2.45, 2.75) is 31.8 Å². The van der Waals surface area contributed by atoms with E-state index in [1.54, 1.807) is 0 Å². The third-order valence-electron chi connectivity index (χ3n) is 2.51. The minimum atomic E-state index is -0.143. The molecule has 0 saturated carbocycles. The summed E-state index contributed by atoms with van der Waals surface area (Å²) in [4.78, 5) is 13.3. The van der Waals surface area contributed by atoms with Gasteiger partial charge in [-0.05, 0) is 13.3 Å². The number of methoxy groups -OCH3 is 1. The van der Waals surface area contributed by atoms with Crippen molar-refractivity contribution in [1.29, 1.82) is 0 Å². The molecule has 0 aromatic heterocycles. The lowest BCUT2D eigenvalue weighted by atomic mass is 9.99. The minimum absolute atomic E-state index is 0.0617. The van der Waals surface area contributed by atoms with E-state index in [9.17, 15) is 4.79 Å². The van der Waals surface area contributed by atoms with Crippen LogP contribution < -0.4 is 0 Å². The van der Waals surface area contributed by atoms with Crippen LogP contribution in [0.15, 0.2) is 0 Å². The second kappa shape index (κ2) is 4.29. The Hall–Kier alpha value is -1.01. The molecule has 1 fully saturated rings. The number of rotatable bonds is 3. The summed E-state index contributed by atoms with van der Waals surface area (Å²) in [5, 5.41) is 0. The summed E-state index contributed by atoms with van der Waals surface area (Å²) >= 11 is 0. The second-order valence-electron chi connectivity index (χ2n) is 3.32. The Labute approximate surface area is 79.1 Å². The lowest BCUT2D eigenvalue weighted by Crippen LogP contribution is -2.56. The highest BCUT2D eigenvalue weighted by molar-refractivity contribution is 5.76. The van der Waals surface area contributed by atoms with Crippen molar-refractivity contribution in [2.75, 3.05) is 13.7 Å². The van der Waals surface area contributed by atoms with Crippen molar-refractivity contribution in [3.05, 3.63) is 0 Å². The van der Waals surface area contributed by atoms with Crippen LogP contribution in [0.3, 0.4) is 0 Å². The molecule has 1 saturated heterocycles. The van der Waals surface area contributed by atoms with Crippen LogP contribution in [0.25, 0.3) is 0 Å². The van der Waals surface area contributed by atoms with Gasteiger partial charge < -0.3 is 4.74 Å². The third-order valence-corrected chi connectivity index (χ3v) is 2.51. The predicted molar refractivity (Wildman–Crippen MR) is 50.0 cm³/mol. The molecule has 1 aliphatic heterocycles. The lowest BCUT2D eigenvalue weighted by molar-refractivity contribution is -0.153. The smallest absolute Gasteiger partial charge is 0.323 e. The molecule has 72 valence electrons. The minimum Gasteiger partial charge on any atom is -0.468 e. The van der Waals surface area contributed by atoms with E-state index in [0.717, 1.165) is 13.0 Å². The van der Waals surface area contributed by atoms with E-state index in [0.29, 0.717) is 6.42 Å². The van der Waals surface area contributed by atoms with Crippen LogP contribution in [0.2, 0.25) is 0 Å². The van der Waals surface area contributed by atoms with Crippen LogP contribution in [0.4, 0.5) is 0 Å². The normalized spacial score (nSPS) is 24.2. The predicted octanol–water partition coefficient (Wildman–Crippen LogP) is 0.645. The van der Waals surface area contributed by atoms with Crippen LogP contribution in [-0.2, 0) is 9.53 Å². The quantitative estimate of drug-likeness (QED) is 0.473. The number of hydrogen-bond donors (Lipinski definition) is 0. The first-order chi connectivity index (χ1) is 6.20. The van der Waals surface area contributed by atoms with Gasteiger partial charge in [0.05, 0.1) is 7.11 Å². The third kappa shape index (κ3) is 2.02. The molecular weight excluding hydrogens is 166 g/mol. The standard InChI is InChI=1S/C10H15NO2/c1-4-5-8(2)11-7-6-9(11)10(12)13-3/h1,8-9H,5-7H2,2-3H3. The van der Waals surface area contributed by atoms with E-state index >= 15 is 0 Å². The molecule has 0 amide bonds. The molecular formula is C10H15NO2. The zero-order valence-corrected chi connectivity index (χ0v) is 8.12. The lowest BCUT2D eigenvalue weighted by Gasteiger charge is -2.42. The highest BCUT2D eigenvalue weighted by Crippen LogP contribution is 2.22. The topological polar surface area (TPSA) is 29.5 Å². The van der Waals surface area contributed by atoms with Crippen molar-refractivity contribution in [3.8, 4) is 12.3 Å². The molecule has 2 unspecified atom stereocenters. The van der Waals surface area contributed by atoms with E-state index in [2.05, 4.69) is 15.6 Å². The first kappa shape index (κ1) is 10.1. The number of carbonyl (C=O) groups is 1. The molecule has 2 atom stereocenters. The van der Waals surface area contributed by atoms with Gasteiger partial charge in [0.2, 0.25) is 0 Å². The highest BCUT2D eigenvalue weighted by Gasteiger charge is 2.37. The summed E-state index contributed by atoms with van der Waals surface area (Å²) in [6, 6.07) is 0.219. The zero-order chi connectivity index (χ0) is 9.84. The fourth-order valence-electron chi connectivity index (χ4n) is 1.61. The van der Waals surface area contributed by atoms with Gasteiger partial charge in [0.25, 0.3) is 0 Å². The largest absolute Gasteiger partial charge is 0.468 e. The van der Waals surface area contributed by atoms with Crippen molar-refractivity contribution in [2.24, 2.45) is 0 Å². The summed E-state index contributed by atoms with van der Waals surface area (Å²) in [6.07, 6.45) is 6.79. The van der Waals surface area contributed by atoms with Gasteiger partial charge >= 0.3 is 5.97 Å². The Bertz CT molecular complexity index is 232. The van der Waals surface area contributed by atoms with E-state index in [4.69, 9.17) is 6.42 Å². The van der Waals surface area contributed by atoms with Crippen molar-refractivity contribution in [3.63, 3.8) is 0 Å². The number of likely N-dealkylation sites (tertiary alicyclic amines) is 1. The molecule has 1 aliphatic rings. The number of hydrogen-bond acceptors (Lipinski definition) is 3. The summed E-state index contributed by atoms with van der Waals surface area (Å²) < 4.78 is 4.68. The first-order valence-electron chi connectivity index (χ1n) is 4.47. The number of esters is 1. The first-order valence-corrected chi connectivity index (χ1v) is 4.47. The SMILES string of the molecule is C#CCC(C)N1CCC1C(=O)OC. The number of terminal acetylenes is 1. The average molecular weight is 181 g/mol. The molecule has 13 heavy (non-hydrogen) atoms. The monoisotopic (exact) mass is 181 g/mol.